The maximum Gasteiger partial charge on any atom is 0.359 e. The van der Waals surface area contributed by atoms with Gasteiger partial charge < -0.3 is 0 Å². The molecule has 0 bridgehead atoms. The Kier molecular flexibility index (Phi) is 2.84. The van der Waals surface area contributed by atoms with Crippen molar-refractivity contribution in [2.24, 2.45) is 0 Å². The Hall–Kier alpha value is -0.730. The number of hydrogen-bond donors (Lipinski definition) is 2. The highest BCUT2D eigenvalue weighted by molar-refractivity contribution is 7.87. The molecule has 0 amide bonds. The van der Waals surface area contributed by atoms with E-state index in [1.54, 1.807) is 0 Å². The van der Waals surface area contributed by atoms with Gasteiger partial charge in [0.1, 0.15) is 5.01 Å². The highest BCUT2D eigenvalue weighted by Crippen LogP contribution is 2.22. The largest absolute Gasteiger partial charge is 0.359 e. The van der Waals surface area contributed by atoms with E-state index in [9.17, 15) is 8.42 Å². The summed E-state index contributed by atoms with van der Waals surface area (Å²) in [5.41, 5.74) is 0. The lowest BCUT2D eigenvalue weighted by Gasteiger charge is -1.95. The number of aromatic nitrogens is 2. The van der Waals surface area contributed by atoms with Crippen molar-refractivity contribution in [2.45, 2.75) is 19.8 Å². The second-order valence-corrected chi connectivity index (χ2v) is 4.84. The Bertz CT molecular complexity index is 383. The van der Waals surface area contributed by atoms with E-state index >= 15 is 0 Å². The van der Waals surface area contributed by atoms with E-state index in [2.05, 4.69) is 10.2 Å². The molecule has 0 aliphatic carbocycles. The summed E-state index contributed by atoms with van der Waals surface area (Å²) in [5, 5.41) is 8.06. The van der Waals surface area contributed by atoms with Crippen LogP contribution in [0.2, 0.25) is 0 Å². The Labute approximate surface area is 79.9 Å². The summed E-state index contributed by atoms with van der Waals surface area (Å²) in [6.07, 6.45) is 0. The summed E-state index contributed by atoms with van der Waals surface area (Å²) in [4.78, 5) is 0. The van der Waals surface area contributed by atoms with Crippen LogP contribution in [0, 0.1) is 0 Å². The Morgan fingerprint density at radius 2 is 2.08 bits per heavy atom. The van der Waals surface area contributed by atoms with Gasteiger partial charge in [0, 0.05) is 5.92 Å². The van der Waals surface area contributed by atoms with Crippen molar-refractivity contribution in [3.63, 3.8) is 0 Å². The molecule has 0 saturated heterocycles. The lowest BCUT2D eigenvalue weighted by molar-refractivity contribution is 0.489. The Balaban J connectivity index is 2.81. The Morgan fingerprint density at radius 3 is 2.46 bits per heavy atom. The highest BCUT2D eigenvalue weighted by Gasteiger charge is 2.11. The van der Waals surface area contributed by atoms with Crippen LogP contribution in [0.4, 0.5) is 5.13 Å². The molecule has 1 heterocycles. The molecular weight excluding hydrogens is 214 g/mol. The van der Waals surface area contributed by atoms with Gasteiger partial charge >= 0.3 is 10.3 Å². The van der Waals surface area contributed by atoms with E-state index in [1.807, 2.05) is 18.6 Å². The van der Waals surface area contributed by atoms with Crippen LogP contribution in [0.1, 0.15) is 24.8 Å². The van der Waals surface area contributed by atoms with E-state index in [0.717, 1.165) is 11.3 Å². The summed E-state index contributed by atoms with van der Waals surface area (Å²) in [6.45, 7) is 3.83. The van der Waals surface area contributed by atoms with E-state index in [-0.39, 0.29) is 11.0 Å². The summed E-state index contributed by atoms with van der Waals surface area (Å²) in [7, 11) is -4.23. The van der Waals surface area contributed by atoms with Gasteiger partial charge in [-0.25, -0.2) is 4.72 Å². The van der Waals surface area contributed by atoms with Crippen molar-refractivity contribution in [3.8, 4) is 0 Å². The molecule has 0 fully saturated rings. The minimum Gasteiger partial charge on any atom is -0.269 e. The molecule has 2 N–H and O–H groups in total. The molecule has 0 aliphatic rings. The second kappa shape index (κ2) is 3.56. The van der Waals surface area contributed by atoms with Gasteiger partial charge in [-0.15, -0.1) is 10.2 Å². The van der Waals surface area contributed by atoms with Gasteiger partial charge in [-0.05, 0) is 0 Å². The zero-order valence-corrected chi connectivity index (χ0v) is 8.68. The lowest BCUT2D eigenvalue weighted by Crippen LogP contribution is -2.09. The molecule has 0 saturated carbocycles. The van der Waals surface area contributed by atoms with Crippen molar-refractivity contribution in [1.82, 2.24) is 10.2 Å². The van der Waals surface area contributed by atoms with Gasteiger partial charge in [0.15, 0.2) is 0 Å². The second-order valence-electron chi connectivity index (χ2n) is 2.68. The average Bonchev–Trinajstić information content (AvgIpc) is 2.31. The monoisotopic (exact) mass is 223 g/mol. The van der Waals surface area contributed by atoms with E-state index in [0.29, 0.717) is 5.01 Å². The molecular formula is C5H9N3O3S2. The molecule has 1 aromatic heterocycles. The molecule has 1 rings (SSSR count). The SMILES string of the molecule is CC(C)c1nnc(NS(=O)(=O)O)s1. The third kappa shape index (κ3) is 3.25. The topological polar surface area (TPSA) is 92.2 Å². The molecule has 0 aliphatic heterocycles. The van der Waals surface area contributed by atoms with Crippen LogP contribution in [-0.2, 0) is 10.3 Å². The quantitative estimate of drug-likeness (QED) is 0.742. The maximum atomic E-state index is 10.4. The summed E-state index contributed by atoms with van der Waals surface area (Å²) in [6, 6.07) is 0. The van der Waals surface area contributed by atoms with Crippen LogP contribution >= 0.6 is 11.3 Å². The van der Waals surface area contributed by atoms with Gasteiger partial charge in [0.2, 0.25) is 5.13 Å². The molecule has 13 heavy (non-hydrogen) atoms. The molecule has 1 aromatic rings. The molecule has 0 radical (unpaired) electrons. The number of rotatable bonds is 3. The molecule has 6 nitrogen and oxygen atoms in total. The molecule has 8 heteroatoms. The van der Waals surface area contributed by atoms with Crippen LogP contribution in [0.5, 0.6) is 0 Å². The third-order valence-corrected chi connectivity index (χ3v) is 2.87. The van der Waals surface area contributed by atoms with E-state index < -0.39 is 10.3 Å². The highest BCUT2D eigenvalue weighted by atomic mass is 32.2. The minimum absolute atomic E-state index is 0.0752. The van der Waals surface area contributed by atoms with Crippen LogP contribution in [0.3, 0.4) is 0 Å². The first-order valence-corrected chi connectivity index (χ1v) is 5.73. The first-order valence-electron chi connectivity index (χ1n) is 3.47. The van der Waals surface area contributed by atoms with Crippen LogP contribution in [0.15, 0.2) is 0 Å². The zero-order chi connectivity index (χ0) is 10.1. The molecule has 0 unspecified atom stereocenters. The van der Waals surface area contributed by atoms with Gasteiger partial charge in [0.05, 0.1) is 0 Å². The van der Waals surface area contributed by atoms with E-state index in [1.165, 1.54) is 0 Å². The average molecular weight is 223 g/mol. The fourth-order valence-corrected chi connectivity index (χ4v) is 1.96. The maximum absolute atomic E-state index is 10.4. The fraction of sp³-hybridized carbons (Fsp3) is 0.600. The standard InChI is InChI=1S/C5H9N3O3S2/c1-3(2)4-6-7-5(12-4)8-13(9,10)11/h3H,1-2H3,(H,7,8)(H,9,10,11). The number of nitrogens with zero attached hydrogens (tertiary/aromatic N) is 2. The molecule has 0 spiro atoms. The number of nitrogens with one attached hydrogen (secondary N) is 1. The Morgan fingerprint density at radius 1 is 1.46 bits per heavy atom. The van der Waals surface area contributed by atoms with E-state index in [4.69, 9.17) is 4.55 Å². The normalized spacial score (nSPS) is 12.0. The van der Waals surface area contributed by atoms with Crippen molar-refractivity contribution in [1.29, 1.82) is 0 Å². The van der Waals surface area contributed by atoms with Gasteiger partial charge in [-0.3, -0.25) is 4.55 Å². The first-order chi connectivity index (χ1) is 5.88. The summed E-state index contributed by atoms with van der Waals surface area (Å²) < 4.78 is 31.0. The number of hydrogen-bond acceptors (Lipinski definition) is 5. The van der Waals surface area contributed by atoms with Crippen LogP contribution in [0.25, 0.3) is 0 Å². The van der Waals surface area contributed by atoms with Crippen LogP contribution in [-0.4, -0.2) is 23.2 Å². The van der Waals surface area contributed by atoms with Crippen molar-refractivity contribution < 1.29 is 13.0 Å². The lowest BCUT2D eigenvalue weighted by atomic mass is 10.2. The third-order valence-electron chi connectivity index (χ3n) is 1.15. The number of anilines is 1. The molecule has 74 valence electrons. The molecule has 0 aromatic carbocycles. The predicted molar refractivity (Wildman–Crippen MR) is 49.2 cm³/mol. The van der Waals surface area contributed by atoms with Crippen molar-refractivity contribution in [3.05, 3.63) is 5.01 Å². The summed E-state index contributed by atoms with van der Waals surface area (Å²) >= 11 is 1.10. The zero-order valence-electron chi connectivity index (χ0n) is 7.05. The van der Waals surface area contributed by atoms with Gasteiger partial charge in [0.25, 0.3) is 0 Å². The molecule has 0 atom stereocenters. The smallest absolute Gasteiger partial charge is 0.269 e. The summed E-state index contributed by atoms with van der Waals surface area (Å²) in [5.74, 6) is 0.189. The fourth-order valence-electron chi connectivity index (χ4n) is 0.619. The van der Waals surface area contributed by atoms with Crippen LogP contribution < -0.4 is 4.72 Å². The van der Waals surface area contributed by atoms with Gasteiger partial charge in [-0.1, -0.05) is 25.2 Å². The minimum atomic E-state index is -4.23. The first kappa shape index (κ1) is 10.4. The van der Waals surface area contributed by atoms with Crippen molar-refractivity contribution >= 4 is 26.8 Å². The van der Waals surface area contributed by atoms with Crippen molar-refractivity contribution in [2.75, 3.05) is 4.72 Å². The predicted octanol–water partition coefficient (Wildman–Crippen LogP) is 0.876. The van der Waals surface area contributed by atoms with Gasteiger partial charge in [-0.2, -0.15) is 8.42 Å².